The van der Waals surface area contributed by atoms with E-state index in [-0.39, 0.29) is 12.5 Å². The highest BCUT2D eigenvalue weighted by molar-refractivity contribution is 7.18. The van der Waals surface area contributed by atoms with Crippen molar-refractivity contribution in [1.82, 2.24) is 19.4 Å². The molecule has 0 saturated heterocycles. The second kappa shape index (κ2) is 6.17. The molecule has 0 aliphatic carbocycles. The van der Waals surface area contributed by atoms with E-state index in [9.17, 15) is 14.4 Å². The molecule has 0 spiro atoms. The van der Waals surface area contributed by atoms with Gasteiger partial charge in [0.25, 0.3) is 5.56 Å². The Kier molecular flexibility index (Phi) is 4.07. The normalized spacial score (nSPS) is 10.8. The van der Waals surface area contributed by atoms with Crippen molar-refractivity contribution in [2.75, 3.05) is 0 Å². The zero-order valence-corrected chi connectivity index (χ0v) is 13.2. The molecule has 7 nitrogen and oxygen atoms in total. The maximum Gasteiger partial charge on any atom is 0.331 e. The molecule has 2 aromatic heterocycles. The van der Waals surface area contributed by atoms with Crippen LogP contribution in [0.2, 0.25) is 0 Å². The van der Waals surface area contributed by atoms with E-state index in [0.717, 1.165) is 19.8 Å². The van der Waals surface area contributed by atoms with E-state index < -0.39 is 11.2 Å². The lowest BCUT2D eigenvalue weighted by Crippen LogP contribution is -2.40. The minimum Gasteiger partial charge on any atom is -0.348 e. The van der Waals surface area contributed by atoms with E-state index >= 15 is 0 Å². The van der Waals surface area contributed by atoms with Crippen LogP contribution in [0.3, 0.4) is 0 Å². The van der Waals surface area contributed by atoms with Gasteiger partial charge in [-0.25, -0.2) is 9.78 Å². The Morgan fingerprint density at radius 1 is 1.26 bits per heavy atom. The Hall–Kier alpha value is -2.74. The van der Waals surface area contributed by atoms with Crippen LogP contribution in [-0.4, -0.2) is 20.0 Å². The first kappa shape index (κ1) is 15.2. The Morgan fingerprint density at radius 3 is 2.83 bits per heavy atom. The average Bonchev–Trinajstić information content (AvgIpc) is 2.96. The fraction of sp³-hybridized carbons (Fsp3) is 0.200. The van der Waals surface area contributed by atoms with Crippen LogP contribution in [0.1, 0.15) is 5.01 Å². The number of thiazole rings is 1. The molecule has 0 radical (unpaired) electrons. The Bertz CT molecular complexity index is 953. The molecule has 3 rings (SSSR count). The number of hydrogen-bond acceptors (Lipinski definition) is 5. The van der Waals surface area contributed by atoms with Crippen molar-refractivity contribution >= 4 is 27.5 Å². The van der Waals surface area contributed by atoms with Gasteiger partial charge in [0.2, 0.25) is 5.91 Å². The fourth-order valence-electron chi connectivity index (χ4n) is 2.12. The van der Waals surface area contributed by atoms with Crippen molar-refractivity contribution in [3.63, 3.8) is 0 Å². The smallest absolute Gasteiger partial charge is 0.331 e. The summed E-state index contributed by atoms with van der Waals surface area (Å²) in [5, 5.41) is 3.53. The summed E-state index contributed by atoms with van der Waals surface area (Å²) in [5.74, 6) is -0.315. The van der Waals surface area contributed by atoms with Crippen molar-refractivity contribution in [2.24, 2.45) is 7.05 Å². The number of benzene rings is 1. The van der Waals surface area contributed by atoms with Crippen molar-refractivity contribution in [3.8, 4) is 0 Å². The molecule has 0 unspecified atom stereocenters. The van der Waals surface area contributed by atoms with Crippen LogP contribution in [0.5, 0.6) is 0 Å². The quantitative estimate of drug-likeness (QED) is 0.753. The summed E-state index contributed by atoms with van der Waals surface area (Å²) < 4.78 is 3.21. The third-order valence-electron chi connectivity index (χ3n) is 3.35. The summed E-state index contributed by atoms with van der Waals surface area (Å²) in [6, 6.07) is 9.00. The molecule has 2 heterocycles. The van der Waals surface area contributed by atoms with E-state index in [1.165, 1.54) is 35.2 Å². The Morgan fingerprint density at radius 2 is 2.04 bits per heavy atom. The number of nitrogens with zero attached hydrogens (tertiary/aromatic N) is 3. The van der Waals surface area contributed by atoms with Crippen LogP contribution < -0.4 is 16.6 Å². The minimum absolute atomic E-state index is 0.141. The molecule has 118 valence electrons. The van der Waals surface area contributed by atoms with Crippen LogP contribution in [0.4, 0.5) is 0 Å². The van der Waals surface area contributed by atoms with E-state index in [1.807, 2.05) is 24.3 Å². The molecule has 1 N–H and O–H groups in total. The van der Waals surface area contributed by atoms with Gasteiger partial charge in [-0.15, -0.1) is 11.3 Å². The molecule has 0 fully saturated rings. The van der Waals surface area contributed by atoms with Gasteiger partial charge in [0.15, 0.2) is 0 Å². The van der Waals surface area contributed by atoms with E-state index in [2.05, 4.69) is 10.3 Å². The van der Waals surface area contributed by atoms with Crippen LogP contribution in [0.25, 0.3) is 10.2 Å². The van der Waals surface area contributed by atoms with Crippen LogP contribution in [0.15, 0.2) is 46.1 Å². The average molecular weight is 330 g/mol. The summed E-state index contributed by atoms with van der Waals surface area (Å²) in [7, 11) is 1.38. The number of para-hydroxylation sites is 1. The molecule has 1 aromatic carbocycles. The third-order valence-corrected chi connectivity index (χ3v) is 4.39. The highest BCUT2D eigenvalue weighted by Gasteiger charge is 2.08. The number of hydrogen-bond donors (Lipinski definition) is 1. The summed E-state index contributed by atoms with van der Waals surface area (Å²) in [6.07, 6.45) is 1.32. The number of carbonyl (C=O) groups excluding carboxylic acids is 1. The number of amides is 1. The number of rotatable bonds is 4. The molecule has 3 aromatic rings. The SMILES string of the molecule is Cn1c(=O)ccn(CC(=O)NCc2nc3ccccc3s2)c1=O. The molecule has 0 saturated carbocycles. The molecule has 23 heavy (non-hydrogen) atoms. The first-order valence-electron chi connectivity index (χ1n) is 6.92. The maximum absolute atomic E-state index is 12.0. The topological polar surface area (TPSA) is 86.0 Å². The lowest BCUT2D eigenvalue weighted by Gasteiger charge is -2.07. The van der Waals surface area contributed by atoms with Crippen LogP contribution >= 0.6 is 11.3 Å². The van der Waals surface area contributed by atoms with Gasteiger partial charge in [-0.1, -0.05) is 12.1 Å². The summed E-state index contributed by atoms with van der Waals surface area (Å²) in [6.45, 7) is 0.163. The summed E-state index contributed by atoms with van der Waals surface area (Å²) in [5.41, 5.74) is -0.0233. The molecule has 0 bridgehead atoms. The van der Waals surface area contributed by atoms with Gasteiger partial charge < -0.3 is 5.32 Å². The number of nitrogens with one attached hydrogen (secondary N) is 1. The Labute approximate surface area is 134 Å². The number of aromatic nitrogens is 3. The molecular formula is C15H14N4O3S. The summed E-state index contributed by atoms with van der Waals surface area (Å²) >= 11 is 1.51. The molecule has 8 heteroatoms. The fourth-order valence-corrected chi connectivity index (χ4v) is 3.02. The van der Waals surface area contributed by atoms with Crippen molar-refractivity contribution in [3.05, 3.63) is 62.4 Å². The lowest BCUT2D eigenvalue weighted by molar-refractivity contribution is -0.121. The van der Waals surface area contributed by atoms with Gasteiger partial charge >= 0.3 is 5.69 Å². The molecular weight excluding hydrogens is 316 g/mol. The van der Waals surface area contributed by atoms with Crippen LogP contribution in [0, 0.1) is 0 Å². The lowest BCUT2D eigenvalue weighted by atomic mass is 10.3. The van der Waals surface area contributed by atoms with Gasteiger partial charge in [-0.05, 0) is 12.1 Å². The van der Waals surface area contributed by atoms with Crippen LogP contribution in [-0.2, 0) is 24.9 Å². The standard InChI is InChI=1S/C15H14N4O3S/c1-18-14(21)6-7-19(15(18)22)9-12(20)16-8-13-17-10-4-2-3-5-11(10)23-13/h2-7H,8-9H2,1H3,(H,16,20). The zero-order valence-electron chi connectivity index (χ0n) is 12.4. The van der Waals surface area contributed by atoms with E-state index in [4.69, 9.17) is 0 Å². The predicted octanol–water partition coefficient (Wildman–Crippen LogP) is 0.473. The second-order valence-corrected chi connectivity index (χ2v) is 6.09. The van der Waals surface area contributed by atoms with Crippen molar-refractivity contribution < 1.29 is 4.79 Å². The van der Waals surface area contributed by atoms with Gasteiger partial charge in [0.1, 0.15) is 11.6 Å². The second-order valence-electron chi connectivity index (χ2n) is 4.98. The highest BCUT2D eigenvalue weighted by Crippen LogP contribution is 2.21. The first-order valence-corrected chi connectivity index (χ1v) is 7.74. The Balaban J connectivity index is 1.67. The van der Waals surface area contributed by atoms with Gasteiger partial charge in [0.05, 0.1) is 16.8 Å². The third kappa shape index (κ3) is 3.21. The maximum atomic E-state index is 12.0. The molecule has 0 aliphatic heterocycles. The zero-order chi connectivity index (χ0) is 16.4. The highest BCUT2D eigenvalue weighted by atomic mass is 32.1. The van der Waals surface area contributed by atoms with Gasteiger partial charge in [-0.3, -0.25) is 18.7 Å². The first-order chi connectivity index (χ1) is 11.0. The van der Waals surface area contributed by atoms with Gasteiger partial charge in [0, 0.05) is 19.3 Å². The van der Waals surface area contributed by atoms with Crippen molar-refractivity contribution in [1.29, 1.82) is 0 Å². The molecule has 1 amide bonds. The summed E-state index contributed by atoms with van der Waals surface area (Å²) in [4.78, 5) is 39.6. The molecule has 0 atom stereocenters. The number of carbonyl (C=O) groups is 1. The van der Waals surface area contributed by atoms with Gasteiger partial charge in [-0.2, -0.15) is 0 Å². The number of fused-ring (bicyclic) bond motifs is 1. The predicted molar refractivity (Wildman–Crippen MR) is 87.4 cm³/mol. The molecule has 0 aliphatic rings. The largest absolute Gasteiger partial charge is 0.348 e. The minimum atomic E-state index is -0.521. The van der Waals surface area contributed by atoms with E-state index in [1.54, 1.807) is 0 Å². The monoisotopic (exact) mass is 330 g/mol. The van der Waals surface area contributed by atoms with E-state index in [0.29, 0.717) is 6.54 Å². The van der Waals surface area contributed by atoms with Crippen molar-refractivity contribution in [2.45, 2.75) is 13.1 Å².